The Morgan fingerprint density at radius 1 is 0.826 bits per heavy atom. The zero-order chi connectivity index (χ0) is 16.3. The summed E-state index contributed by atoms with van der Waals surface area (Å²) in [5.41, 5.74) is 2.42. The van der Waals surface area contributed by atoms with E-state index in [1.165, 1.54) is 88.4 Å². The van der Waals surface area contributed by atoms with Crippen LogP contribution >= 0.6 is 0 Å². The van der Waals surface area contributed by atoms with Crippen LogP contribution in [0.4, 0.5) is 0 Å². The molecule has 1 aliphatic rings. The number of aryl methyl sites for hydroxylation is 1. The second-order valence-corrected chi connectivity index (χ2v) is 7.47. The summed E-state index contributed by atoms with van der Waals surface area (Å²) in [6.07, 6.45) is 17.4. The van der Waals surface area contributed by atoms with Crippen molar-refractivity contribution >= 4 is 0 Å². The van der Waals surface area contributed by atoms with Gasteiger partial charge < -0.3 is 0 Å². The first-order valence-electron chi connectivity index (χ1n) is 10.2. The summed E-state index contributed by atoms with van der Waals surface area (Å²) in [6, 6.07) is 4.47. The van der Waals surface area contributed by atoms with Gasteiger partial charge in [-0.15, -0.1) is 0 Å². The lowest BCUT2D eigenvalue weighted by molar-refractivity contribution is 0.298. The molecule has 23 heavy (non-hydrogen) atoms. The van der Waals surface area contributed by atoms with Crippen LogP contribution in [0.1, 0.15) is 108 Å². The van der Waals surface area contributed by atoms with Crippen molar-refractivity contribution in [3.63, 3.8) is 0 Å². The molecule has 0 aliphatic heterocycles. The fourth-order valence-corrected chi connectivity index (χ4v) is 3.88. The van der Waals surface area contributed by atoms with E-state index in [4.69, 9.17) is 0 Å². The van der Waals surface area contributed by atoms with Crippen LogP contribution in [-0.2, 0) is 6.42 Å². The molecule has 0 unspecified atom stereocenters. The Morgan fingerprint density at radius 3 is 2.22 bits per heavy atom. The number of nitrogens with zero attached hydrogens (tertiary/aromatic N) is 2. The molecule has 1 aliphatic carbocycles. The summed E-state index contributed by atoms with van der Waals surface area (Å²) < 4.78 is 0. The highest BCUT2D eigenvalue weighted by Crippen LogP contribution is 2.36. The quantitative estimate of drug-likeness (QED) is 0.463. The van der Waals surface area contributed by atoms with Gasteiger partial charge in [-0.1, -0.05) is 58.8 Å². The average Bonchev–Trinajstić information content (AvgIpc) is 2.60. The van der Waals surface area contributed by atoms with Crippen molar-refractivity contribution in [2.45, 2.75) is 103 Å². The van der Waals surface area contributed by atoms with Gasteiger partial charge in [0.2, 0.25) is 0 Å². The Bertz CT molecular complexity index is 404. The lowest BCUT2D eigenvalue weighted by Gasteiger charge is -2.28. The van der Waals surface area contributed by atoms with Gasteiger partial charge in [0.05, 0.1) is 11.4 Å². The van der Waals surface area contributed by atoms with E-state index in [1.54, 1.807) is 0 Å². The molecule has 2 rings (SSSR count). The second-order valence-electron chi connectivity index (χ2n) is 7.47. The highest BCUT2D eigenvalue weighted by Gasteiger charge is 2.23. The third-order valence-corrected chi connectivity index (χ3v) is 5.51. The molecule has 0 aromatic carbocycles. The monoisotopic (exact) mass is 316 g/mol. The first kappa shape index (κ1) is 18.4. The van der Waals surface area contributed by atoms with Gasteiger partial charge in [-0.2, -0.15) is 10.2 Å². The van der Waals surface area contributed by atoms with E-state index < -0.39 is 0 Å². The van der Waals surface area contributed by atoms with Crippen LogP contribution in [0.2, 0.25) is 0 Å². The number of aromatic nitrogens is 2. The molecule has 1 saturated carbocycles. The maximum Gasteiger partial charge on any atom is 0.0662 e. The van der Waals surface area contributed by atoms with Gasteiger partial charge in [0, 0.05) is 5.92 Å². The smallest absolute Gasteiger partial charge is 0.0662 e. The summed E-state index contributed by atoms with van der Waals surface area (Å²) in [4.78, 5) is 0. The van der Waals surface area contributed by atoms with Gasteiger partial charge in [-0.3, -0.25) is 0 Å². The van der Waals surface area contributed by atoms with Crippen LogP contribution < -0.4 is 0 Å². The Kier molecular flexibility index (Phi) is 8.63. The van der Waals surface area contributed by atoms with Crippen LogP contribution in [-0.4, -0.2) is 10.2 Å². The van der Waals surface area contributed by atoms with Crippen LogP contribution in [0.3, 0.4) is 0 Å². The Labute approximate surface area is 143 Å². The van der Waals surface area contributed by atoms with Crippen LogP contribution in [0.5, 0.6) is 0 Å². The molecule has 1 aromatic heterocycles. The van der Waals surface area contributed by atoms with E-state index in [-0.39, 0.29) is 0 Å². The molecule has 0 spiro atoms. The molecule has 0 bridgehead atoms. The summed E-state index contributed by atoms with van der Waals surface area (Å²) in [7, 11) is 0. The normalized spacial score (nSPS) is 21.5. The van der Waals surface area contributed by atoms with E-state index in [2.05, 4.69) is 36.2 Å². The predicted molar refractivity (Wildman–Crippen MR) is 98.7 cm³/mol. The minimum atomic E-state index is 0.666. The lowest BCUT2D eigenvalue weighted by Crippen LogP contribution is -2.15. The first-order chi connectivity index (χ1) is 11.3. The van der Waals surface area contributed by atoms with Crippen molar-refractivity contribution in [3.05, 3.63) is 23.5 Å². The molecule has 1 heterocycles. The number of hydrogen-bond donors (Lipinski definition) is 0. The molecule has 0 saturated heterocycles. The standard InChI is InChI=1S/C21H36N2/c1-3-5-7-9-10-18-12-14-19(15-13-18)21-17-16-20(22-23-21)11-8-6-4-2/h16-19H,3-15H2,1-2H3. The van der Waals surface area contributed by atoms with Gasteiger partial charge in [0.15, 0.2) is 0 Å². The third kappa shape index (κ3) is 6.61. The Balaban J connectivity index is 1.70. The Morgan fingerprint density at radius 2 is 1.57 bits per heavy atom. The van der Waals surface area contributed by atoms with Crippen molar-refractivity contribution < 1.29 is 0 Å². The molecule has 0 radical (unpaired) electrons. The van der Waals surface area contributed by atoms with Gasteiger partial charge in [-0.05, 0) is 56.6 Å². The Hall–Kier alpha value is -0.920. The fraction of sp³-hybridized carbons (Fsp3) is 0.810. The third-order valence-electron chi connectivity index (χ3n) is 5.51. The number of rotatable bonds is 10. The molecule has 1 aromatic rings. The molecule has 0 atom stereocenters. The molecule has 2 nitrogen and oxygen atoms in total. The predicted octanol–water partition coefficient (Wildman–Crippen LogP) is 6.45. The molecule has 1 fully saturated rings. The van der Waals surface area contributed by atoms with Gasteiger partial charge in [-0.25, -0.2) is 0 Å². The average molecular weight is 317 g/mol. The second kappa shape index (κ2) is 10.8. The zero-order valence-corrected chi connectivity index (χ0v) is 15.4. The largest absolute Gasteiger partial charge is 0.155 e. The van der Waals surface area contributed by atoms with Crippen molar-refractivity contribution in [1.82, 2.24) is 10.2 Å². The fourth-order valence-electron chi connectivity index (χ4n) is 3.88. The topological polar surface area (TPSA) is 25.8 Å². The van der Waals surface area contributed by atoms with Crippen LogP contribution in [0.25, 0.3) is 0 Å². The van der Waals surface area contributed by atoms with E-state index in [9.17, 15) is 0 Å². The molecule has 0 N–H and O–H groups in total. The van der Waals surface area contributed by atoms with Gasteiger partial charge in [0.1, 0.15) is 0 Å². The SMILES string of the molecule is CCCCCCC1CCC(c2ccc(CCCCC)nn2)CC1. The zero-order valence-electron chi connectivity index (χ0n) is 15.4. The lowest BCUT2D eigenvalue weighted by atomic mass is 9.78. The van der Waals surface area contributed by atoms with Crippen LogP contribution in [0, 0.1) is 5.92 Å². The van der Waals surface area contributed by atoms with Crippen molar-refractivity contribution in [1.29, 1.82) is 0 Å². The molecule has 130 valence electrons. The number of unbranched alkanes of at least 4 members (excludes halogenated alkanes) is 5. The summed E-state index contributed by atoms with van der Waals surface area (Å²) in [5.74, 6) is 1.64. The van der Waals surface area contributed by atoms with E-state index in [0.717, 1.165) is 12.3 Å². The molecular formula is C21H36N2. The minimum absolute atomic E-state index is 0.666. The minimum Gasteiger partial charge on any atom is -0.155 e. The van der Waals surface area contributed by atoms with Crippen molar-refractivity contribution in [2.75, 3.05) is 0 Å². The maximum absolute atomic E-state index is 4.54. The maximum atomic E-state index is 4.54. The highest BCUT2D eigenvalue weighted by molar-refractivity contribution is 5.12. The van der Waals surface area contributed by atoms with Crippen molar-refractivity contribution in [2.24, 2.45) is 5.92 Å². The van der Waals surface area contributed by atoms with E-state index >= 15 is 0 Å². The van der Waals surface area contributed by atoms with Gasteiger partial charge in [0.25, 0.3) is 0 Å². The van der Waals surface area contributed by atoms with Gasteiger partial charge >= 0.3 is 0 Å². The van der Waals surface area contributed by atoms with Crippen LogP contribution in [0.15, 0.2) is 12.1 Å². The summed E-state index contributed by atoms with van der Waals surface area (Å²) in [5, 5.41) is 9.01. The van der Waals surface area contributed by atoms with Crippen molar-refractivity contribution in [3.8, 4) is 0 Å². The first-order valence-corrected chi connectivity index (χ1v) is 10.2. The number of hydrogen-bond acceptors (Lipinski definition) is 2. The van der Waals surface area contributed by atoms with E-state index in [1.807, 2.05) is 0 Å². The molecule has 2 heteroatoms. The molecular weight excluding hydrogens is 280 g/mol. The summed E-state index contributed by atoms with van der Waals surface area (Å²) in [6.45, 7) is 4.54. The molecule has 0 amide bonds. The van der Waals surface area contributed by atoms with E-state index in [0.29, 0.717) is 5.92 Å². The summed E-state index contributed by atoms with van der Waals surface area (Å²) >= 11 is 0. The highest BCUT2D eigenvalue weighted by atomic mass is 15.1.